The van der Waals surface area contributed by atoms with Crippen LogP contribution >= 0.6 is 0 Å². The van der Waals surface area contributed by atoms with Gasteiger partial charge in [0.15, 0.2) is 0 Å². The molecule has 0 amide bonds. The molecule has 1 unspecified atom stereocenters. The number of hydrogen-bond acceptors (Lipinski definition) is 4. The molecule has 1 fully saturated rings. The summed E-state index contributed by atoms with van der Waals surface area (Å²) in [5.74, 6) is 0.513. The van der Waals surface area contributed by atoms with Gasteiger partial charge in [-0.25, -0.2) is 8.42 Å². The SMILES string of the molecule is CCC(C#N)NC1CCS(=O)(=O)CC1. The second-order valence-electron chi connectivity index (χ2n) is 3.68. The maximum absolute atomic E-state index is 11.1. The Labute approximate surface area is 85.2 Å². The summed E-state index contributed by atoms with van der Waals surface area (Å²) in [4.78, 5) is 0. The highest BCUT2D eigenvalue weighted by Gasteiger charge is 2.24. The average Bonchev–Trinajstić information content (AvgIpc) is 2.16. The van der Waals surface area contributed by atoms with E-state index in [4.69, 9.17) is 5.26 Å². The maximum Gasteiger partial charge on any atom is 0.150 e. The van der Waals surface area contributed by atoms with E-state index in [0.717, 1.165) is 6.42 Å². The average molecular weight is 216 g/mol. The minimum absolute atomic E-state index is 0.138. The molecule has 0 aromatic heterocycles. The molecule has 14 heavy (non-hydrogen) atoms. The van der Waals surface area contributed by atoms with Crippen LogP contribution in [0.2, 0.25) is 0 Å². The van der Waals surface area contributed by atoms with Crippen molar-refractivity contribution in [2.45, 2.75) is 38.3 Å². The van der Waals surface area contributed by atoms with E-state index in [1.54, 1.807) is 0 Å². The lowest BCUT2D eigenvalue weighted by molar-refractivity contribution is 0.431. The molecule has 1 atom stereocenters. The molecule has 0 spiro atoms. The highest BCUT2D eigenvalue weighted by molar-refractivity contribution is 7.91. The first-order valence-electron chi connectivity index (χ1n) is 4.93. The monoisotopic (exact) mass is 216 g/mol. The standard InChI is InChI=1S/C9H16N2O2S/c1-2-8(7-10)11-9-3-5-14(12,13)6-4-9/h8-9,11H,2-6H2,1H3. The van der Waals surface area contributed by atoms with E-state index in [9.17, 15) is 8.42 Å². The lowest BCUT2D eigenvalue weighted by Crippen LogP contribution is -2.42. The van der Waals surface area contributed by atoms with E-state index in [0.29, 0.717) is 12.8 Å². The molecule has 1 N–H and O–H groups in total. The molecule has 1 heterocycles. The number of nitriles is 1. The topological polar surface area (TPSA) is 70.0 Å². The van der Waals surface area contributed by atoms with Crippen molar-refractivity contribution in [2.24, 2.45) is 0 Å². The van der Waals surface area contributed by atoms with E-state index in [1.807, 2.05) is 6.92 Å². The van der Waals surface area contributed by atoms with Crippen molar-refractivity contribution in [3.05, 3.63) is 0 Å². The fourth-order valence-electron chi connectivity index (χ4n) is 1.59. The Kier molecular flexibility index (Phi) is 3.90. The molecule has 5 heteroatoms. The summed E-state index contributed by atoms with van der Waals surface area (Å²) in [5.41, 5.74) is 0. The second kappa shape index (κ2) is 4.76. The summed E-state index contributed by atoms with van der Waals surface area (Å²) < 4.78 is 22.3. The van der Waals surface area contributed by atoms with Crippen molar-refractivity contribution in [1.82, 2.24) is 5.32 Å². The zero-order valence-corrected chi connectivity index (χ0v) is 9.18. The zero-order valence-electron chi connectivity index (χ0n) is 8.36. The molecule has 0 aromatic rings. The summed E-state index contributed by atoms with van der Waals surface area (Å²) in [6, 6.07) is 2.22. The van der Waals surface area contributed by atoms with Crippen LogP contribution in [0.25, 0.3) is 0 Å². The molecular weight excluding hydrogens is 200 g/mol. The second-order valence-corrected chi connectivity index (χ2v) is 5.99. The molecule has 4 nitrogen and oxygen atoms in total. The molecule has 1 saturated heterocycles. The first-order chi connectivity index (χ1) is 6.57. The van der Waals surface area contributed by atoms with Crippen LogP contribution in [0.5, 0.6) is 0 Å². The van der Waals surface area contributed by atoms with Crippen LogP contribution in [0.4, 0.5) is 0 Å². The summed E-state index contributed by atoms with van der Waals surface area (Å²) in [7, 11) is -2.79. The van der Waals surface area contributed by atoms with Gasteiger partial charge in [0.2, 0.25) is 0 Å². The summed E-state index contributed by atoms with van der Waals surface area (Å²) in [6.45, 7) is 1.94. The molecule has 1 aliphatic heterocycles. The van der Waals surface area contributed by atoms with E-state index in [2.05, 4.69) is 11.4 Å². The van der Waals surface area contributed by atoms with Gasteiger partial charge in [-0.15, -0.1) is 0 Å². The summed E-state index contributed by atoms with van der Waals surface area (Å²) in [5, 5.41) is 11.9. The van der Waals surface area contributed by atoms with Gasteiger partial charge in [0.05, 0.1) is 23.6 Å². The largest absolute Gasteiger partial charge is 0.299 e. The van der Waals surface area contributed by atoms with Crippen molar-refractivity contribution in [3.63, 3.8) is 0 Å². The van der Waals surface area contributed by atoms with Crippen LogP contribution in [0.1, 0.15) is 26.2 Å². The van der Waals surface area contributed by atoms with Crippen molar-refractivity contribution < 1.29 is 8.42 Å². The first kappa shape index (κ1) is 11.5. The Morgan fingerprint density at radius 1 is 1.50 bits per heavy atom. The zero-order chi connectivity index (χ0) is 10.6. The van der Waals surface area contributed by atoms with Crippen LogP contribution in [0.3, 0.4) is 0 Å². The number of nitrogens with one attached hydrogen (secondary N) is 1. The summed E-state index contributed by atoms with van der Waals surface area (Å²) >= 11 is 0. The van der Waals surface area contributed by atoms with Crippen LogP contribution in [0, 0.1) is 11.3 Å². The number of rotatable bonds is 3. The third-order valence-electron chi connectivity index (χ3n) is 2.56. The van der Waals surface area contributed by atoms with Gasteiger partial charge in [-0.05, 0) is 19.3 Å². The Bertz CT molecular complexity index is 304. The quantitative estimate of drug-likeness (QED) is 0.744. The van der Waals surface area contributed by atoms with Crippen LogP contribution < -0.4 is 5.32 Å². The van der Waals surface area contributed by atoms with Gasteiger partial charge in [-0.2, -0.15) is 5.26 Å². The Hall–Kier alpha value is -0.600. The van der Waals surface area contributed by atoms with Crippen LogP contribution in [-0.4, -0.2) is 32.0 Å². The number of nitrogens with zero attached hydrogens (tertiary/aromatic N) is 1. The predicted molar refractivity (Wildman–Crippen MR) is 54.5 cm³/mol. The molecular formula is C9H16N2O2S. The lowest BCUT2D eigenvalue weighted by atomic mass is 10.1. The highest BCUT2D eigenvalue weighted by Crippen LogP contribution is 2.12. The minimum atomic E-state index is -2.79. The van der Waals surface area contributed by atoms with E-state index in [1.165, 1.54) is 0 Å². The molecule has 1 aliphatic rings. The Balaban J connectivity index is 2.40. The molecule has 0 saturated carbocycles. The van der Waals surface area contributed by atoms with Crippen molar-refractivity contribution in [3.8, 4) is 6.07 Å². The van der Waals surface area contributed by atoms with Gasteiger partial charge in [-0.3, -0.25) is 5.32 Å². The molecule has 80 valence electrons. The normalized spacial score (nSPS) is 24.0. The maximum atomic E-state index is 11.1. The first-order valence-corrected chi connectivity index (χ1v) is 6.75. The Morgan fingerprint density at radius 2 is 2.07 bits per heavy atom. The molecule has 0 radical (unpaired) electrons. The number of hydrogen-bond donors (Lipinski definition) is 1. The third-order valence-corrected chi connectivity index (χ3v) is 4.27. The molecule has 1 rings (SSSR count). The third kappa shape index (κ3) is 3.28. The van der Waals surface area contributed by atoms with E-state index in [-0.39, 0.29) is 23.6 Å². The molecule has 0 bridgehead atoms. The fraction of sp³-hybridized carbons (Fsp3) is 0.889. The van der Waals surface area contributed by atoms with Gasteiger partial charge in [0.1, 0.15) is 9.84 Å². The minimum Gasteiger partial charge on any atom is -0.299 e. The Morgan fingerprint density at radius 3 is 2.50 bits per heavy atom. The summed E-state index contributed by atoms with van der Waals surface area (Å²) in [6.07, 6.45) is 2.04. The van der Waals surface area contributed by atoms with Gasteiger partial charge >= 0.3 is 0 Å². The van der Waals surface area contributed by atoms with E-state index < -0.39 is 9.84 Å². The lowest BCUT2D eigenvalue weighted by Gasteiger charge is -2.24. The number of sulfone groups is 1. The van der Waals surface area contributed by atoms with Gasteiger partial charge in [0, 0.05) is 6.04 Å². The molecule has 0 aliphatic carbocycles. The van der Waals surface area contributed by atoms with Crippen molar-refractivity contribution in [2.75, 3.05) is 11.5 Å². The van der Waals surface area contributed by atoms with Gasteiger partial charge in [0.25, 0.3) is 0 Å². The smallest absolute Gasteiger partial charge is 0.150 e. The van der Waals surface area contributed by atoms with E-state index >= 15 is 0 Å². The van der Waals surface area contributed by atoms with Crippen molar-refractivity contribution in [1.29, 1.82) is 5.26 Å². The molecule has 0 aromatic carbocycles. The van der Waals surface area contributed by atoms with Crippen LogP contribution in [-0.2, 0) is 9.84 Å². The van der Waals surface area contributed by atoms with Crippen LogP contribution in [0.15, 0.2) is 0 Å². The van der Waals surface area contributed by atoms with Gasteiger partial charge < -0.3 is 0 Å². The predicted octanol–water partition coefficient (Wildman–Crippen LogP) is 0.455. The fourth-order valence-corrected chi connectivity index (χ4v) is 3.08. The highest BCUT2D eigenvalue weighted by atomic mass is 32.2. The van der Waals surface area contributed by atoms with Gasteiger partial charge in [-0.1, -0.05) is 6.92 Å². The van der Waals surface area contributed by atoms with Crippen molar-refractivity contribution >= 4 is 9.84 Å².